The molecule has 3 aromatic rings. The Morgan fingerprint density at radius 1 is 1.10 bits per heavy atom. The van der Waals surface area contributed by atoms with Crippen LogP contribution in [0.2, 0.25) is 0 Å². The molecule has 0 unspecified atom stereocenters. The van der Waals surface area contributed by atoms with E-state index in [0.717, 1.165) is 16.9 Å². The zero-order chi connectivity index (χ0) is 20.7. The Labute approximate surface area is 176 Å². The van der Waals surface area contributed by atoms with Crippen LogP contribution in [0.25, 0.3) is 6.08 Å². The molecule has 1 atom stereocenters. The van der Waals surface area contributed by atoms with Crippen LogP contribution in [0.5, 0.6) is 17.2 Å². The van der Waals surface area contributed by atoms with Gasteiger partial charge in [-0.1, -0.05) is 24.3 Å². The van der Waals surface area contributed by atoms with E-state index in [1.165, 1.54) is 11.3 Å². The number of allylic oxidation sites excluding steroid dienone is 1. The van der Waals surface area contributed by atoms with Gasteiger partial charge in [-0.05, 0) is 54.3 Å². The maximum absolute atomic E-state index is 12.8. The molecular formula is C24H16O5S. The van der Waals surface area contributed by atoms with Gasteiger partial charge in [0.2, 0.25) is 5.78 Å². The Morgan fingerprint density at radius 2 is 1.97 bits per heavy atom. The molecule has 5 rings (SSSR count). The van der Waals surface area contributed by atoms with Crippen molar-refractivity contribution in [2.24, 2.45) is 0 Å². The zero-order valence-corrected chi connectivity index (χ0v) is 16.8. The summed E-state index contributed by atoms with van der Waals surface area (Å²) in [5.74, 6) is 1.06. The summed E-state index contributed by atoms with van der Waals surface area (Å²) in [6.07, 6.45) is 3.49. The third-order valence-corrected chi connectivity index (χ3v) is 5.74. The lowest BCUT2D eigenvalue weighted by molar-refractivity contribution is 0.0739. The van der Waals surface area contributed by atoms with Gasteiger partial charge in [-0.3, -0.25) is 4.79 Å². The van der Waals surface area contributed by atoms with Crippen molar-refractivity contribution in [2.75, 3.05) is 0 Å². The van der Waals surface area contributed by atoms with E-state index < -0.39 is 5.97 Å². The molecule has 30 heavy (non-hydrogen) atoms. The lowest BCUT2D eigenvalue weighted by Crippen LogP contribution is -2.18. The Balaban J connectivity index is 1.40. The molecule has 0 N–H and O–H groups in total. The van der Waals surface area contributed by atoms with E-state index in [4.69, 9.17) is 14.2 Å². The summed E-state index contributed by atoms with van der Waals surface area (Å²) < 4.78 is 17.1. The zero-order valence-electron chi connectivity index (χ0n) is 16.0. The van der Waals surface area contributed by atoms with Crippen molar-refractivity contribution in [3.8, 4) is 17.2 Å². The average Bonchev–Trinajstić information content (AvgIpc) is 3.38. The van der Waals surface area contributed by atoms with Crippen LogP contribution >= 0.6 is 11.3 Å². The van der Waals surface area contributed by atoms with E-state index in [1.807, 2.05) is 37.3 Å². The fraction of sp³-hybridized carbons (Fsp3) is 0.0833. The number of Topliss-reactive ketones (excluding diaryl/α,β-unsaturated/α-hetero) is 1. The number of hydrogen-bond acceptors (Lipinski definition) is 6. The predicted octanol–water partition coefficient (Wildman–Crippen LogP) is 5.29. The molecule has 0 amide bonds. The molecule has 2 aliphatic rings. The van der Waals surface area contributed by atoms with Crippen molar-refractivity contribution in [1.29, 1.82) is 0 Å². The standard InChI is InChI=1S/C24H16O5S/c1-14-16(11-15-5-2-3-6-19(15)27-14)12-21-23(25)18-9-8-17(13-20(18)29-21)28-24(26)22-7-4-10-30-22/h2-14H,1H3/t14-/m0/s1. The van der Waals surface area contributed by atoms with Crippen LogP contribution in [0.1, 0.15) is 32.5 Å². The highest BCUT2D eigenvalue weighted by atomic mass is 32.1. The molecular weight excluding hydrogens is 400 g/mol. The number of fused-ring (bicyclic) bond motifs is 2. The molecule has 0 bridgehead atoms. The molecule has 0 spiro atoms. The minimum Gasteiger partial charge on any atom is -0.485 e. The van der Waals surface area contributed by atoms with Gasteiger partial charge in [-0.15, -0.1) is 11.3 Å². The summed E-state index contributed by atoms with van der Waals surface area (Å²) in [4.78, 5) is 25.4. The van der Waals surface area contributed by atoms with Gasteiger partial charge in [0.25, 0.3) is 0 Å². The van der Waals surface area contributed by atoms with E-state index >= 15 is 0 Å². The second-order valence-corrected chi connectivity index (χ2v) is 7.85. The highest BCUT2D eigenvalue weighted by Crippen LogP contribution is 2.36. The molecule has 0 saturated heterocycles. The van der Waals surface area contributed by atoms with Crippen molar-refractivity contribution < 1.29 is 23.8 Å². The number of ketones is 1. The van der Waals surface area contributed by atoms with Gasteiger partial charge in [0.15, 0.2) is 5.76 Å². The Morgan fingerprint density at radius 3 is 2.80 bits per heavy atom. The summed E-state index contributed by atoms with van der Waals surface area (Å²) in [6, 6.07) is 16.0. The molecule has 5 nitrogen and oxygen atoms in total. The number of esters is 1. The fourth-order valence-electron chi connectivity index (χ4n) is 3.36. The fourth-order valence-corrected chi connectivity index (χ4v) is 3.95. The van der Waals surface area contributed by atoms with E-state index in [9.17, 15) is 9.59 Å². The van der Waals surface area contributed by atoms with E-state index in [-0.39, 0.29) is 17.6 Å². The highest BCUT2D eigenvalue weighted by Gasteiger charge is 2.29. The largest absolute Gasteiger partial charge is 0.485 e. The molecule has 3 heterocycles. The number of rotatable bonds is 3. The molecule has 1 aromatic heterocycles. The topological polar surface area (TPSA) is 61.8 Å². The Kier molecular flexibility index (Phi) is 4.48. The number of hydrogen-bond donors (Lipinski definition) is 0. The summed E-state index contributed by atoms with van der Waals surface area (Å²) in [7, 11) is 0. The van der Waals surface area contributed by atoms with Gasteiger partial charge < -0.3 is 14.2 Å². The summed E-state index contributed by atoms with van der Waals surface area (Å²) >= 11 is 1.30. The molecule has 0 radical (unpaired) electrons. The summed E-state index contributed by atoms with van der Waals surface area (Å²) in [5, 5.41) is 1.81. The first-order chi connectivity index (χ1) is 14.6. The van der Waals surface area contributed by atoms with Crippen molar-refractivity contribution in [1.82, 2.24) is 0 Å². The number of para-hydroxylation sites is 1. The lowest BCUT2D eigenvalue weighted by atomic mass is 10.0. The number of carbonyl (C=O) groups is 2. The van der Waals surface area contributed by atoms with Crippen molar-refractivity contribution >= 4 is 29.2 Å². The quantitative estimate of drug-likeness (QED) is 0.330. The van der Waals surface area contributed by atoms with Crippen LogP contribution in [-0.2, 0) is 0 Å². The van der Waals surface area contributed by atoms with Gasteiger partial charge in [0.1, 0.15) is 28.2 Å². The number of carbonyl (C=O) groups excluding carboxylic acids is 2. The monoisotopic (exact) mass is 416 g/mol. The van der Waals surface area contributed by atoms with Crippen LogP contribution in [0, 0.1) is 0 Å². The minimum atomic E-state index is -0.443. The second-order valence-electron chi connectivity index (χ2n) is 6.91. The van der Waals surface area contributed by atoms with Gasteiger partial charge in [-0.2, -0.15) is 0 Å². The van der Waals surface area contributed by atoms with Crippen LogP contribution in [-0.4, -0.2) is 17.9 Å². The SMILES string of the molecule is C[C@@H]1Oc2ccccc2C=C1C=C1Oc2cc(OC(=O)c3cccs3)ccc2C1=O. The highest BCUT2D eigenvalue weighted by molar-refractivity contribution is 7.12. The number of thiophene rings is 1. The lowest BCUT2D eigenvalue weighted by Gasteiger charge is -2.22. The van der Waals surface area contributed by atoms with E-state index in [0.29, 0.717) is 21.9 Å². The van der Waals surface area contributed by atoms with Crippen LogP contribution in [0.3, 0.4) is 0 Å². The van der Waals surface area contributed by atoms with Crippen LogP contribution in [0.4, 0.5) is 0 Å². The Bertz CT molecular complexity index is 1220. The second kappa shape index (κ2) is 7.31. The summed E-state index contributed by atoms with van der Waals surface area (Å²) in [6.45, 7) is 1.92. The minimum absolute atomic E-state index is 0.213. The van der Waals surface area contributed by atoms with E-state index in [1.54, 1.807) is 41.8 Å². The molecule has 0 aliphatic carbocycles. The Hall–Kier alpha value is -3.64. The number of benzene rings is 2. The maximum Gasteiger partial charge on any atom is 0.353 e. The van der Waals surface area contributed by atoms with Crippen molar-refractivity contribution in [3.63, 3.8) is 0 Å². The molecule has 0 saturated carbocycles. The van der Waals surface area contributed by atoms with E-state index in [2.05, 4.69) is 0 Å². The maximum atomic E-state index is 12.8. The molecule has 0 fully saturated rings. The molecule has 148 valence electrons. The first-order valence-corrected chi connectivity index (χ1v) is 10.3. The van der Waals surface area contributed by atoms with Crippen molar-refractivity contribution in [2.45, 2.75) is 13.0 Å². The molecule has 2 aliphatic heterocycles. The predicted molar refractivity (Wildman–Crippen MR) is 113 cm³/mol. The molecule has 6 heteroatoms. The van der Waals surface area contributed by atoms with Crippen LogP contribution < -0.4 is 14.2 Å². The summed E-state index contributed by atoms with van der Waals surface area (Å²) in [5.41, 5.74) is 2.23. The van der Waals surface area contributed by atoms with Gasteiger partial charge >= 0.3 is 5.97 Å². The smallest absolute Gasteiger partial charge is 0.353 e. The average molecular weight is 416 g/mol. The molecule has 2 aromatic carbocycles. The normalized spacial score (nSPS) is 18.2. The first-order valence-electron chi connectivity index (χ1n) is 9.40. The number of ether oxygens (including phenoxy) is 3. The van der Waals surface area contributed by atoms with Gasteiger partial charge in [-0.25, -0.2) is 4.79 Å². The van der Waals surface area contributed by atoms with Gasteiger partial charge in [0.05, 0.1) is 5.56 Å². The van der Waals surface area contributed by atoms with Crippen molar-refractivity contribution in [3.05, 3.63) is 93.4 Å². The third kappa shape index (κ3) is 3.31. The first kappa shape index (κ1) is 18.4. The van der Waals surface area contributed by atoms with Crippen LogP contribution in [0.15, 0.2) is 77.4 Å². The van der Waals surface area contributed by atoms with Gasteiger partial charge in [0, 0.05) is 11.6 Å². The third-order valence-electron chi connectivity index (χ3n) is 4.89.